The summed E-state index contributed by atoms with van der Waals surface area (Å²) in [7, 11) is 0. The van der Waals surface area contributed by atoms with Crippen molar-refractivity contribution in [3.8, 4) is 0 Å². The van der Waals surface area contributed by atoms with Gasteiger partial charge >= 0.3 is 0 Å². The number of imide groups is 1. The molecule has 5 nitrogen and oxygen atoms in total. The normalized spacial score (nSPS) is 13.0. The first kappa shape index (κ1) is 19.5. The molecule has 0 unspecified atom stereocenters. The van der Waals surface area contributed by atoms with Crippen molar-refractivity contribution >= 4 is 41.1 Å². The zero-order chi connectivity index (χ0) is 19.2. The van der Waals surface area contributed by atoms with Gasteiger partial charge in [-0.05, 0) is 23.8 Å². The number of hydrogen-bond acceptors (Lipinski definition) is 4. The van der Waals surface area contributed by atoms with Crippen molar-refractivity contribution in [3.05, 3.63) is 70.2 Å². The Hall–Kier alpha value is -2.31. The van der Waals surface area contributed by atoms with E-state index in [0.717, 1.165) is 5.56 Å². The van der Waals surface area contributed by atoms with Crippen LogP contribution in [-0.4, -0.2) is 40.7 Å². The fourth-order valence-corrected chi connectivity index (χ4v) is 3.84. The van der Waals surface area contributed by atoms with Gasteiger partial charge in [0.05, 0.1) is 11.1 Å². The van der Waals surface area contributed by atoms with Gasteiger partial charge in [0.1, 0.15) is 0 Å². The lowest BCUT2D eigenvalue weighted by molar-refractivity contribution is -0.120. The molecule has 1 N–H and O–H groups in total. The van der Waals surface area contributed by atoms with Crippen LogP contribution < -0.4 is 5.32 Å². The first-order valence-electron chi connectivity index (χ1n) is 8.61. The molecule has 140 valence electrons. The summed E-state index contributed by atoms with van der Waals surface area (Å²) < 4.78 is 0. The van der Waals surface area contributed by atoms with Gasteiger partial charge in [-0.15, -0.1) is 0 Å². The molecule has 0 bridgehead atoms. The molecule has 0 atom stereocenters. The Morgan fingerprint density at radius 3 is 2.26 bits per heavy atom. The highest BCUT2D eigenvalue weighted by atomic mass is 35.5. The molecule has 0 aliphatic carbocycles. The maximum absolute atomic E-state index is 12.2. The van der Waals surface area contributed by atoms with Gasteiger partial charge in [-0.2, -0.15) is 11.8 Å². The number of carbonyl (C=O) groups is 3. The monoisotopic (exact) mass is 402 g/mol. The van der Waals surface area contributed by atoms with Crippen molar-refractivity contribution in [1.29, 1.82) is 0 Å². The van der Waals surface area contributed by atoms with Gasteiger partial charge in [0.15, 0.2) is 0 Å². The second kappa shape index (κ2) is 9.06. The second-order valence-electron chi connectivity index (χ2n) is 6.04. The highest BCUT2D eigenvalue weighted by Gasteiger charge is 2.34. The van der Waals surface area contributed by atoms with Gasteiger partial charge in [-0.3, -0.25) is 19.3 Å². The fourth-order valence-electron chi connectivity index (χ4n) is 2.79. The van der Waals surface area contributed by atoms with E-state index >= 15 is 0 Å². The molecule has 2 aromatic rings. The lowest BCUT2D eigenvalue weighted by atomic mass is 10.1. The highest BCUT2D eigenvalue weighted by Crippen LogP contribution is 2.22. The Morgan fingerprint density at radius 2 is 1.59 bits per heavy atom. The molecule has 0 spiro atoms. The van der Waals surface area contributed by atoms with Gasteiger partial charge in [0.25, 0.3) is 11.8 Å². The van der Waals surface area contributed by atoms with E-state index in [2.05, 4.69) is 5.32 Å². The molecule has 0 saturated heterocycles. The number of rotatable bonds is 8. The summed E-state index contributed by atoms with van der Waals surface area (Å²) in [6.07, 6.45) is 0.372. The van der Waals surface area contributed by atoms with Crippen molar-refractivity contribution in [1.82, 2.24) is 10.2 Å². The number of benzene rings is 2. The van der Waals surface area contributed by atoms with Crippen LogP contribution in [0.2, 0.25) is 5.02 Å². The third-order valence-corrected chi connectivity index (χ3v) is 5.58. The predicted molar refractivity (Wildman–Crippen MR) is 107 cm³/mol. The Bertz CT molecular complexity index is 837. The van der Waals surface area contributed by atoms with Crippen molar-refractivity contribution in [2.75, 3.05) is 18.1 Å². The van der Waals surface area contributed by atoms with E-state index in [9.17, 15) is 14.4 Å². The number of thioether (sulfide) groups is 1. The molecule has 2 aromatic carbocycles. The molecular weight excluding hydrogens is 384 g/mol. The fraction of sp³-hybridized carbons (Fsp3) is 0.250. The first-order chi connectivity index (χ1) is 13.1. The quantitative estimate of drug-likeness (QED) is 0.543. The Kier molecular flexibility index (Phi) is 6.53. The van der Waals surface area contributed by atoms with E-state index in [4.69, 9.17) is 11.6 Å². The van der Waals surface area contributed by atoms with Gasteiger partial charge in [-0.25, -0.2) is 0 Å². The Balaban J connectivity index is 1.35. The minimum atomic E-state index is -0.242. The van der Waals surface area contributed by atoms with Crippen LogP contribution in [0.1, 0.15) is 32.7 Å². The highest BCUT2D eigenvalue weighted by molar-refractivity contribution is 7.99. The molecule has 1 heterocycles. The smallest absolute Gasteiger partial charge is 0.261 e. The Morgan fingerprint density at radius 1 is 0.963 bits per heavy atom. The summed E-state index contributed by atoms with van der Waals surface area (Å²) in [5.41, 5.74) is 1.81. The van der Waals surface area contributed by atoms with Crippen LogP contribution in [0.15, 0.2) is 48.5 Å². The van der Waals surface area contributed by atoms with Gasteiger partial charge in [0, 0.05) is 36.0 Å². The Labute approximate surface area is 167 Å². The number of nitrogens with zero attached hydrogens (tertiary/aromatic N) is 1. The minimum absolute atomic E-state index is 0.0526. The van der Waals surface area contributed by atoms with Gasteiger partial charge in [0.2, 0.25) is 5.91 Å². The van der Waals surface area contributed by atoms with E-state index in [-0.39, 0.29) is 17.7 Å². The summed E-state index contributed by atoms with van der Waals surface area (Å²) in [6.45, 7) is 0.746. The molecule has 0 radical (unpaired) electrons. The second-order valence-corrected chi connectivity index (χ2v) is 7.67. The summed E-state index contributed by atoms with van der Waals surface area (Å²) >= 11 is 7.60. The number of hydrogen-bond donors (Lipinski definition) is 1. The van der Waals surface area contributed by atoms with E-state index in [0.29, 0.717) is 47.2 Å². The molecule has 7 heteroatoms. The molecule has 0 fully saturated rings. The van der Waals surface area contributed by atoms with E-state index in [1.54, 1.807) is 42.1 Å². The maximum Gasteiger partial charge on any atom is 0.261 e. The van der Waals surface area contributed by atoms with E-state index in [1.165, 1.54) is 4.90 Å². The number of fused-ring (bicyclic) bond motifs is 1. The summed E-state index contributed by atoms with van der Waals surface area (Å²) in [4.78, 5) is 37.7. The van der Waals surface area contributed by atoms with Crippen LogP contribution >= 0.6 is 23.4 Å². The van der Waals surface area contributed by atoms with Crippen LogP contribution in [0.3, 0.4) is 0 Å². The number of carbonyl (C=O) groups excluding carboxylic acids is 3. The molecule has 1 aliphatic heterocycles. The van der Waals surface area contributed by atoms with E-state index in [1.807, 2.05) is 18.2 Å². The lowest BCUT2D eigenvalue weighted by Crippen LogP contribution is -2.32. The average molecular weight is 403 g/mol. The molecule has 3 amide bonds. The summed E-state index contributed by atoms with van der Waals surface area (Å²) in [6, 6.07) is 14.2. The molecule has 1 aliphatic rings. The molecule has 3 rings (SSSR count). The van der Waals surface area contributed by atoms with Crippen molar-refractivity contribution in [3.63, 3.8) is 0 Å². The summed E-state index contributed by atoms with van der Waals surface area (Å²) in [5.74, 6) is 0.686. The maximum atomic E-state index is 12.2. The van der Waals surface area contributed by atoms with Gasteiger partial charge < -0.3 is 5.32 Å². The van der Waals surface area contributed by atoms with Crippen LogP contribution in [0, 0.1) is 0 Å². The van der Waals surface area contributed by atoms with Crippen LogP contribution in [0.5, 0.6) is 0 Å². The van der Waals surface area contributed by atoms with Gasteiger partial charge in [-0.1, -0.05) is 41.9 Å². The molecule has 27 heavy (non-hydrogen) atoms. The zero-order valence-electron chi connectivity index (χ0n) is 14.6. The largest absolute Gasteiger partial charge is 0.352 e. The SMILES string of the molecule is O=C(CCSCCN1C(=O)c2ccccc2C1=O)NCc1ccccc1Cl. The van der Waals surface area contributed by atoms with Crippen molar-refractivity contribution in [2.45, 2.75) is 13.0 Å². The van der Waals surface area contributed by atoms with Crippen molar-refractivity contribution in [2.24, 2.45) is 0 Å². The number of nitrogens with one attached hydrogen (secondary N) is 1. The molecule has 0 saturated carbocycles. The lowest BCUT2D eigenvalue weighted by Gasteiger charge is -2.13. The summed E-state index contributed by atoms with van der Waals surface area (Å²) in [5, 5.41) is 3.47. The first-order valence-corrected chi connectivity index (χ1v) is 10.1. The molecule has 0 aromatic heterocycles. The minimum Gasteiger partial charge on any atom is -0.352 e. The number of halogens is 1. The third-order valence-electron chi connectivity index (χ3n) is 4.24. The average Bonchev–Trinajstić information content (AvgIpc) is 2.92. The predicted octanol–water partition coefficient (Wildman–Crippen LogP) is 3.38. The van der Waals surface area contributed by atoms with Crippen molar-refractivity contribution < 1.29 is 14.4 Å². The molecular formula is C20H19ClN2O3S. The topological polar surface area (TPSA) is 66.5 Å². The van der Waals surface area contributed by atoms with Crippen LogP contribution in [-0.2, 0) is 11.3 Å². The van der Waals surface area contributed by atoms with E-state index < -0.39 is 0 Å². The van der Waals surface area contributed by atoms with Crippen LogP contribution in [0.25, 0.3) is 0 Å². The zero-order valence-corrected chi connectivity index (χ0v) is 16.2. The third kappa shape index (κ3) is 4.70. The number of amides is 3. The van der Waals surface area contributed by atoms with Crippen LogP contribution in [0.4, 0.5) is 0 Å². The standard InChI is InChI=1S/C20H19ClN2O3S/c21-17-8-4-1-5-14(17)13-22-18(24)9-11-27-12-10-23-19(25)15-6-2-3-7-16(15)20(23)26/h1-8H,9-13H2,(H,22,24).